The van der Waals surface area contributed by atoms with Crippen LogP contribution in [0.1, 0.15) is 6.42 Å². The molecule has 0 fully saturated rings. The van der Waals surface area contributed by atoms with Crippen LogP contribution in [0.3, 0.4) is 0 Å². The third kappa shape index (κ3) is 3.56. The fourth-order valence-electron chi connectivity index (χ4n) is 2.44. The van der Waals surface area contributed by atoms with Crippen molar-refractivity contribution in [2.24, 2.45) is 0 Å². The zero-order valence-electron chi connectivity index (χ0n) is 13.7. The first kappa shape index (κ1) is 15.9. The van der Waals surface area contributed by atoms with Crippen LogP contribution in [0.5, 0.6) is 5.88 Å². The van der Waals surface area contributed by atoms with Gasteiger partial charge in [0.2, 0.25) is 5.76 Å². The Labute approximate surface area is 147 Å². The summed E-state index contributed by atoms with van der Waals surface area (Å²) in [5, 5.41) is 11.3. The quantitative estimate of drug-likeness (QED) is 0.531. The molecule has 1 N–H and O–H groups in total. The zero-order chi connectivity index (χ0) is 17.8. The van der Waals surface area contributed by atoms with Gasteiger partial charge in [-0.05, 0) is 23.7 Å². The molecule has 132 valence electrons. The van der Waals surface area contributed by atoms with Gasteiger partial charge in [0.15, 0.2) is 5.76 Å². The fourth-order valence-corrected chi connectivity index (χ4v) is 2.44. The standard InChI is InChI=1S/C17H15N5O4/c23-17(19-6-3-7-22-11-18-10-20-22)25-16-9-15(26-21-16)14-8-12-4-1-2-5-13(12)24-14/h1-2,4-5,8-11H,3,6-7H2,(H,19,23). The molecule has 0 saturated heterocycles. The Kier molecular flexibility index (Phi) is 4.33. The number of ether oxygens (including phenoxy) is 1. The first-order chi connectivity index (χ1) is 12.8. The normalized spacial score (nSPS) is 10.9. The maximum atomic E-state index is 11.8. The van der Waals surface area contributed by atoms with Crippen molar-refractivity contribution >= 4 is 17.1 Å². The third-order valence-electron chi connectivity index (χ3n) is 3.65. The van der Waals surface area contributed by atoms with E-state index in [0.29, 0.717) is 31.0 Å². The van der Waals surface area contributed by atoms with Crippen molar-refractivity contribution < 1.29 is 18.5 Å². The van der Waals surface area contributed by atoms with E-state index in [9.17, 15) is 4.79 Å². The van der Waals surface area contributed by atoms with Gasteiger partial charge in [-0.2, -0.15) is 5.10 Å². The topological polar surface area (TPSA) is 108 Å². The number of hydrogen-bond donors (Lipinski definition) is 1. The molecule has 3 heterocycles. The second kappa shape index (κ2) is 7.09. The number of benzene rings is 1. The number of nitrogens with one attached hydrogen (secondary N) is 1. The summed E-state index contributed by atoms with van der Waals surface area (Å²) in [6.45, 7) is 1.09. The van der Waals surface area contributed by atoms with Crippen LogP contribution in [0.25, 0.3) is 22.5 Å². The van der Waals surface area contributed by atoms with Crippen molar-refractivity contribution in [3.8, 4) is 17.4 Å². The van der Waals surface area contributed by atoms with Crippen LogP contribution in [-0.2, 0) is 6.54 Å². The molecule has 0 aliphatic heterocycles. The summed E-state index contributed by atoms with van der Waals surface area (Å²) in [4.78, 5) is 15.6. The molecule has 0 aliphatic rings. The highest BCUT2D eigenvalue weighted by molar-refractivity contribution is 5.82. The number of aromatic nitrogens is 4. The smallest absolute Gasteiger partial charge is 0.414 e. The van der Waals surface area contributed by atoms with Crippen LogP contribution in [0.2, 0.25) is 0 Å². The zero-order valence-corrected chi connectivity index (χ0v) is 13.7. The SMILES string of the molecule is O=C(NCCCn1cncn1)Oc1cc(-c2cc3ccccc3o2)on1. The lowest BCUT2D eigenvalue weighted by molar-refractivity contribution is 0.195. The molecule has 1 aromatic carbocycles. The fraction of sp³-hybridized carbons (Fsp3) is 0.176. The number of rotatable bonds is 6. The highest BCUT2D eigenvalue weighted by atomic mass is 16.6. The van der Waals surface area contributed by atoms with Crippen LogP contribution < -0.4 is 10.1 Å². The summed E-state index contributed by atoms with van der Waals surface area (Å²) in [6, 6.07) is 10.9. The number of fused-ring (bicyclic) bond motifs is 1. The number of carbonyl (C=O) groups excluding carboxylic acids is 1. The molecular weight excluding hydrogens is 338 g/mol. The van der Waals surface area contributed by atoms with Gasteiger partial charge in [0, 0.05) is 18.5 Å². The van der Waals surface area contributed by atoms with Gasteiger partial charge in [-0.15, -0.1) is 0 Å². The van der Waals surface area contributed by atoms with Crippen LogP contribution >= 0.6 is 0 Å². The van der Waals surface area contributed by atoms with E-state index in [4.69, 9.17) is 13.7 Å². The van der Waals surface area contributed by atoms with Crippen LogP contribution in [0.4, 0.5) is 4.79 Å². The van der Waals surface area contributed by atoms with Gasteiger partial charge >= 0.3 is 6.09 Å². The highest BCUT2D eigenvalue weighted by Gasteiger charge is 2.14. The minimum absolute atomic E-state index is 0.0641. The van der Waals surface area contributed by atoms with Gasteiger partial charge in [-0.1, -0.05) is 18.2 Å². The Morgan fingerprint density at radius 3 is 3.00 bits per heavy atom. The molecule has 9 heteroatoms. The Hall–Kier alpha value is -3.62. The van der Waals surface area contributed by atoms with Crippen LogP contribution in [0.15, 0.2) is 58.0 Å². The highest BCUT2D eigenvalue weighted by Crippen LogP contribution is 2.29. The predicted molar refractivity (Wildman–Crippen MR) is 90.4 cm³/mol. The van der Waals surface area contributed by atoms with Crippen molar-refractivity contribution in [2.75, 3.05) is 6.54 Å². The van der Waals surface area contributed by atoms with E-state index in [0.717, 1.165) is 11.0 Å². The number of para-hydroxylation sites is 1. The molecular formula is C17H15N5O4. The molecule has 4 rings (SSSR count). The van der Waals surface area contributed by atoms with Gasteiger partial charge < -0.3 is 19.0 Å². The molecule has 0 aliphatic carbocycles. The van der Waals surface area contributed by atoms with Crippen molar-refractivity contribution in [1.82, 2.24) is 25.2 Å². The van der Waals surface area contributed by atoms with Crippen LogP contribution in [-0.4, -0.2) is 32.6 Å². The number of nitrogens with zero attached hydrogens (tertiary/aromatic N) is 4. The second-order valence-corrected chi connectivity index (χ2v) is 5.51. The molecule has 26 heavy (non-hydrogen) atoms. The summed E-state index contributed by atoms with van der Waals surface area (Å²) >= 11 is 0. The molecule has 4 aromatic rings. The monoisotopic (exact) mass is 353 g/mol. The summed E-state index contributed by atoms with van der Waals surface area (Å²) in [7, 11) is 0. The van der Waals surface area contributed by atoms with Crippen molar-refractivity contribution in [2.45, 2.75) is 13.0 Å². The molecule has 1 amide bonds. The average molecular weight is 353 g/mol. The summed E-state index contributed by atoms with van der Waals surface area (Å²) in [5.41, 5.74) is 0.742. The van der Waals surface area contributed by atoms with E-state index in [1.165, 1.54) is 12.4 Å². The second-order valence-electron chi connectivity index (χ2n) is 5.51. The first-order valence-electron chi connectivity index (χ1n) is 8.02. The lowest BCUT2D eigenvalue weighted by Crippen LogP contribution is -2.28. The number of carbonyl (C=O) groups is 1. The van der Waals surface area contributed by atoms with E-state index >= 15 is 0 Å². The molecule has 9 nitrogen and oxygen atoms in total. The van der Waals surface area contributed by atoms with Gasteiger partial charge in [-0.3, -0.25) is 4.68 Å². The molecule has 0 atom stereocenters. The first-order valence-corrected chi connectivity index (χ1v) is 8.02. The Bertz CT molecular complexity index is 972. The molecule has 0 unspecified atom stereocenters. The van der Waals surface area contributed by atoms with Crippen LogP contribution in [0, 0.1) is 0 Å². The number of aryl methyl sites for hydroxylation is 1. The maximum Gasteiger partial charge on any atom is 0.414 e. The van der Waals surface area contributed by atoms with Crippen molar-refractivity contribution in [3.05, 3.63) is 49.1 Å². The number of hydrogen-bond acceptors (Lipinski definition) is 7. The Balaban J connectivity index is 1.30. The molecule has 0 radical (unpaired) electrons. The summed E-state index contributed by atoms with van der Waals surface area (Å²) < 4.78 is 17.7. The van der Waals surface area contributed by atoms with Gasteiger partial charge in [0.1, 0.15) is 18.2 Å². The largest absolute Gasteiger partial charge is 0.453 e. The Morgan fingerprint density at radius 2 is 2.15 bits per heavy atom. The minimum atomic E-state index is -0.604. The predicted octanol–water partition coefficient (Wildman–Crippen LogP) is 2.86. The van der Waals surface area contributed by atoms with E-state index < -0.39 is 6.09 Å². The molecule has 0 saturated carbocycles. The van der Waals surface area contributed by atoms with E-state index in [2.05, 4.69) is 20.6 Å². The summed E-state index contributed by atoms with van der Waals surface area (Å²) in [6.07, 6.45) is 3.17. The number of amides is 1. The van der Waals surface area contributed by atoms with Crippen molar-refractivity contribution in [1.29, 1.82) is 0 Å². The minimum Gasteiger partial charge on any atom is -0.453 e. The third-order valence-corrected chi connectivity index (χ3v) is 3.65. The lowest BCUT2D eigenvalue weighted by Gasteiger charge is -2.03. The Morgan fingerprint density at radius 1 is 1.23 bits per heavy atom. The van der Waals surface area contributed by atoms with Gasteiger partial charge in [0.05, 0.1) is 6.07 Å². The molecule has 3 aromatic heterocycles. The number of furan rings is 1. The molecule has 0 bridgehead atoms. The average Bonchev–Trinajstić information content (AvgIpc) is 3.38. The summed E-state index contributed by atoms with van der Waals surface area (Å²) in [5.74, 6) is 0.964. The van der Waals surface area contributed by atoms with E-state index in [1.807, 2.05) is 30.3 Å². The molecule has 0 spiro atoms. The van der Waals surface area contributed by atoms with E-state index in [1.54, 1.807) is 11.0 Å². The lowest BCUT2D eigenvalue weighted by atomic mass is 10.2. The van der Waals surface area contributed by atoms with Gasteiger partial charge in [-0.25, -0.2) is 9.78 Å². The van der Waals surface area contributed by atoms with Gasteiger partial charge in [0.25, 0.3) is 5.88 Å². The van der Waals surface area contributed by atoms with E-state index in [-0.39, 0.29) is 5.88 Å². The van der Waals surface area contributed by atoms with Crippen molar-refractivity contribution in [3.63, 3.8) is 0 Å². The maximum absolute atomic E-state index is 11.8.